The van der Waals surface area contributed by atoms with Crippen molar-refractivity contribution in [1.82, 2.24) is 14.9 Å². The number of benzene rings is 2. The fraction of sp³-hybridized carbons (Fsp3) is 0.308. The number of nitrogens with one attached hydrogen (secondary N) is 2. The number of carboxylic acids is 1. The first-order valence-corrected chi connectivity index (χ1v) is 12.0. The maximum absolute atomic E-state index is 14.4. The van der Waals surface area contributed by atoms with Gasteiger partial charge < -0.3 is 25.2 Å². The van der Waals surface area contributed by atoms with Gasteiger partial charge in [0.25, 0.3) is 5.91 Å². The molecule has 2 heterocycles. The second kappa shape index (κ2) is 9.85. The third-order valence-electron chi connectivity index (χ3n) is 6.70. The van der Waals surface area contributed by atoms with Crippen LogP contribution >= 0.6 is 11.6 Å². The van der Waals surface area contributed by atoms with E-state index in [1.54, 1.807) is 7.05 Å². The highest BCUT2D eigenvalue weighted by Crippen LogP contribution is 2.42. The number of amides is 2. The maximum Gasteiger partial charge on any atom is 0.354 e. The van der Waals surface area contributed by atoms with Gasteiger partial charge in [-0.15, -0.1) is 0 Å². The minimum atomic E-state index is -1.11. The van der Waals surface area contributed by atoms with Crippen molar-refractivity contribution >= 4 is 41.0 Å². The SMILES string of the molecule is CNC(=O)c1cc(Cl)c(F)cc1NC(=O)C1(c2ccccc2C(C)C)CN(c2ncc(C(=O)O)n2C)C1. The molecule has 0 atom stereocenters. The number of carboxylic acid groups (broad SMARTS) is 1. The third kappa shape index (κ3) is 4.53. The molecule has 37 heavy (non-hydrogen) atoms. The Balaban J connectivity index is 1.77. The van der Waals surface area contributed by atoms with Crippen molar-refractivity contribution in [2.24, 2.45) is 7.05 Å². The molecule has 4 rings (SSSR count). The van der Waals surface area contributed by atoms with Gasteiger partial charge in [0.2, 0.25) is 11.9 Å². The van der Waals surface area contributed by atoms with Crippen LogP contribution in [0.15, 0.2) is 42.6 Å². The number of hydrogen-bond donors (Lipinski definition) is 3. The number of hydrogen-bond acceptors (Lipinski definition) is 5. The second-order valence-corrected chi connectivity index (χ2v) is 9.74. The Morgan fingerprint density at radius 1 is 1.19 bits per heavy atom. The molecule has 1 aliphatic rings. The zero-order valence-corrected chi connectivity index (χ0v) is 21.6. The number of imidazole rings is 1. The van der Waals surface area contributed by atoms with E-state index in [9.17, 15) is 23.9 Å². The standard InChI is InChI=1S/C26H27ClFN5O4/c1-14(2)15-7-5-6-8-17(15)26(12-33(13-26)25-30-11-21(23(35)36)32(25)4)24(37)31-20-10-19(28)18(27)9-16(20)22(34)29-3/h5-11,14H,12-13H2,1-4H3,(H,29,34)(H,31,37)(H,35,36). The first-order chi connectivity index (χ1) is 17.5. The summed E-state index contributed by atoms with van der Waals surface area (Å²) >= 11 is 5.90. The Labute approximate surface area is 218 Å². The molecule has 11 heteroatoms. The van der Waals surface area contributed by atoms with Gasteiger partial charge in [-0.3, -0.25) is 9.59 Å². The minimum Gasteiger partial charge on any atom is -0.477 e. The van der Waals surface area contributed by atoms with Gasteiger partial charge in [-0.25, -0.2) is 14.2 Å². The number of anilines is 2. The van der Waals surface area contributed by atoms with Gasteiger partial charge in [0.1, 0.15) is 16.9 Å². The van der Waals surface area contributed by atoms with Gasteiger partial charge in [0.15, 0.2) is 0 Å². The van der Waals surface area contributed by atoms with Crippen LogP contribution in [0.1, 0.15) is 51.7 Å². The number of aromatic carboxylic acids is 1. The average Bonchev–Trinajstić information content (AvgIpc) is 3.21. The van der Waals surface area contributed by atoms with Gasteiger partial charge in [-0.05, 0) is 29.2 Å². The summed E-state index contributed by atoms with van der Waals surface area (Å²) in [6, 6.07) is 9.79. The summed E-state index contributed by atoms with van der Waals surface area (Å²) in [7, 11) is 3.02. The van der Waals surface area contributed by atoms with Crippen LogP contribution in [0.4, 0.5) is 16.0 Å². The number of aromatic nitrogens is 2. The highest BCUT2D eigenvalue weighted by Gasteiger charge is 2.53. The molecule has 0 saturated carbocycles. The van der Waals surface area contributed by atoms with E-state index in [0.717, 1.165) is 17.2 Å². The van der Waals surface area contributed by atoms with Crippen molar-refractivity contribution < 1.29 is 23.9 Å². The summed E-state index contributed by atoms with van der Waals surface area (Å²) in [4.78, 5) is 44.0. The van der Waals surface area contributed by atoms with Crippen LogP contribution in [-0.4, -0.2) is 52.6 Å². The molecular formula is C26H27ClFN5O4. The lowest BCUT2D eigenvalue weighted by atomic mass is 9.69. The van der Waals surface area contributed by atoms with Crippen LogP contribution < -0.4 is 15.5 Å². The molecule has 9 nitrogen and oxygen atoms in total. The van der Waals surface area contributed by atoms with E-state index in [2.05, 4.69) is 15.6 Å². The normalized spacial score (nSPS) is 14.3. The molecule has 1 fully saturated rings. The zero-order chi connectivity index (χ0) is 27.1. The first-order valence-electron chi connectivity index (χ1n) is 11.6. The largest absolute Gasteiger partial charge is 0.477 e. The predicted octanol–water partition coefficient (Wildman–Crippen LogP) is 3.79. The van der Waals surface area contributed by atoms with Crippen LogP contribution in [0.25, 0.3) is 0 Å². The lowest BCUT2D eigenvalue weighted by Crippen LogP contribution is -2.66. The van der Waals surface area contributed by atoms with Crippen molar-refractivity contribution in [3.05, 3.63) is 75.8 Å². The van der Waals surface area contributed by atoms with Gasteiger partial charge in [0.05, 0.1) is 22.5 Å². The molecule has 0 spiro atoms. The van der Waals surface area contributed by atoms with E-state index in [1.165, 1.54) is 23.9 Å². The molecule has 0 unspecified atom stereocenters. The highest BCUT2D eigenvalue weighted by atomic mass is 35.5. The lowest BCUT2D eigenvalue weighted by Gasteiger charge is -2.50. The molecular weight excluding hydrogens is 501 g/mol. The van der Waals surface area contributed by atoms with Gasteiger partial charge in [-0.1, -0.05) is 49.7 Å². The molecule has 1 saturated heterocycles. The van der Waals surface area contributed by atoms with E-state index in [1.807, 2.05) is 43.0 Å². The maximum atomic E-state index is 14.4. The Bertz CT molecular complexity index is 1400. The Kier molecular flexibility index (Phi) is 6.96. The third-order valence-corrected chi connectivity index (χ3v) is 6.99. The molecule has 0 bridgehead atoms. The lowest BCUT2D eigenvalue weighted by molar-refractivity contribution is -0.122. The molecule has 2 amide bonds. The number of nitrogens with zero attached hydrogens (tertiary/aromatic N) is 3. The molecule has 0 aliphatic carbocycles. The molecule has 0 radical (unpaired) electrons. The number of carbonyl (C=O) groups excluding carboxylic acids is 2. The van der Waals surface area contributed by atoms with Gasteiger partial charge >= 0.3 is 5.97 Å². The Morgan fingerprint density at radius 2 is 1.86 bits per heavy atom. The van der Waals surface area contributed by atoms with Crippen LogP contribution in [0.2, 0.25) is 5.02 Å². The summed E-state index contributed by atoms with van der Waals surface area (Å²) < 4.78 is 15.8. The molecule has 1 aromatic heterocycles. The summed E-state index contributed by atoms with van der Waals surface area (Å²) in [5.41, 5.74) is 0.731. The quantitative estimate of drug-likeness (QED) is 0.430. The van der Waals surface area contributed by atoms with Gasteiger partial charge in [0, 0.05) is 27.2 Å². The smallest absolute Gasteiger partial charge is 0.354 e. The van der Waals surface area contributed by atoms with Crippen molar-refractivity contribution in [1.29, 1.82) is 0 Å². The van der Waals surface area contributed by atoms with Crippen molar-refractivity contribution in [3.8, 4) is 0 Å². The van der Waals surface area contributed by atoms with Crippen LogP contribution in [0, 0.1) is 5.82 Å². The summed E-state index contributed by atoms with van der Waals surface area (Å²) in [6.07, 6.45) is 1.27. The zero-order valence-electron chi connectivity index (χ0n) is 20.8. The van der Waals surface area contributed by atoms with Gasteiger partial charge in [-0.2, -0.15) is 0 Å². The molecule has 194 valence electrons. The first kappa shape index (κ1) is 26.2. The molecule has 3 aromatic rings. The molecule has 2 aromatic carbocycles. The summed E-state index contributed by atoms with van der Waals surface area (Å²) in [6.45, 7) is 4.43. The topological polar surface area (TPSA) is 117 Å². The van der Waals surface area contributed by atoms with Crippen molar-refractivity contribution in [2.75, 3.05) is 30.4 Å². The summed E-state index contributed by atoms with van der Waals surface area (Å²) in [5.74, 6) is -2.33. The fourth-order valence-corrected chi connectivity index (χ4v) is 4.89. The fourth-order valence-electron chi connectivity index (χ4n) is 4.73. The summed E-state index contributed by atoms with van der Waals surface area (Å²) in [5, 5.41) is 14.4. The Morgan fingerprint density at radius 3 is 2.46 bits per heavy atom. The van der Waals surface area contributed by atoms with Crippen LogP contribution in [0.3, 0.4) is 0 Å². The van der Waals surface area contributed by atoms with Crippen molar-refractivity contribution in [2.45, 2.75) is 25.2 Å². The minimum absolute atomic E-state index is 0.00346. The van der Waals surface area contributed by atoms with E-state index in [0.29, 0.717) is 5.95 Å². The second-order valence-electron chi connectivity index (χ2n) is 9.33. The average molecular weight is 528 g/mol. The number of carbonyl (C=O) groups is 3. The molecule has 1 aliphatic heterocycles. The Hall–Kier alpha value is -3.92. The van der Waals surface area contributed by atoms with E-state index >= 15 is 0 Å². The number of halogens is 2. The predicted molar refractivity (Wildman–Crippen MR) is 138 cm³/mol. The van der Waals surface area contributed by atoms with Crippen LogP contribution in [0.5, 0.6) is 0 Å². The number of rotatable bonds is 7. The van der Waals surface area contributed by atoms with E-state index in [4.69, 9.17) is 11.6 Å². The monoisotopic (exact) mass is 527 g/mol. The molecule has 3 N–H and O–H groups in total. The van der Waals surface area contributed by atoms with Crippen molar-refractivity contribution in [3.63, 3.8) is 0 Å². The van der Waals surface area contributed by atoms with E-state index in [-0.39, 0.29) is 41.0 Å². The highest BCUT2D eigenvalue weighted by molar-refractivity contribution is 6.31. The van der Waals surface area contributed by atoms with E-state index < -0.39 is 29.0 Å². The van der Waals surface area contributed by atoms with Crippen LogP contribution in [-0.2, 0) is 17.3 Å².